The Morgan fingerprint density at radius 2 is 1.93 bits per heavy atom. The fourth-order valence-electron chi connectivity index (χ4n) is 3.93. The Labute approximate surface area is 172 Å². The molecule has 0 bridgehead atoms. The summed E-state index contributed by atoms with van der Waals surface area (Å²) in [5.74, 6) is 1.22. The van der Waals surface area contributed by atoms with E-state index in [2.05, 4.69) is 0 Å². The SMILES string of the molecule is COc1ccc(C(=O)N(C)CC2CCCCO2)cc1OC1CCN(C(C)=O)CC1. The van der Waals surface area contributed by atoms with Crippen molar-refractivity contribution in [2.75, 3.05) is 40.4 Å². The molecule has 2 fully saturated rings. The molecule has 1 aromatic carbocycles. The van der Waals surface area contributed by atoms with Crippen LogP contribution in [-0.4, -0.2) is 74.2 Å². The predicted molar refractivity (Wildman–Crippen MR) is 109 cm³/mol. The number of piperidine rings is 1. The van der Waals surface area contributed by atoms with Crippen molar-refractivity contribution < 1.29 is 23.8 Å². The Morgan fingerprint density at radius 3 is 2.55 bits per heavy atom. The Bertz CT molecular complexity index is 709. The van der Waals surface area contributed by atoms with Crippen molar-refractivity contribution in [2.45, 2.75) is 51.2 Å². The number of ether oxygens (including phenoxy) is 3. The van der Waals surface area contributed by atoms with Gasteiger partial charge in [-0.05, 0) is 37.5 Å². The van der Waals surface area contributed by atoms with Crippen molar-refractivity contribution in [2.24, 2.45) is 0 Å². The molecule has 0 N–H and O–H groups in total. The summed E-state index contributed by atoms with van der Waals surface area (Å²) in [5.41, 5.74) is 0.570. The maximum atomic E-state index is 12.9. The van der Waals surface area contributed by atoms with Gasteiger partial charge in [-0.15, -0.1) is 0 Å². The lowest BCUT2D eigenvalue weighted by Gasteiger charge is -2.32. The van der Waals surface area contributed by atoms with Gasteiger partial charge in [0, 0.05) is 58.6 Å². The van der Waals surface area contributed by atoms with Crippen molar-refractivity contribution in [1.82, 2.24) is 9.80 Å². The van der Waals surface area contributed by atoms with E-state index in [0.29, 0.717) is 36.7 Å². The monoisotopic (exact) mass is 404 g/mol. The third kappa shape index (κ3) is 5.63. The van der Waals surface area contributed by atoms with Crippen LogP contribution in [0.4, 0.5) is 0 Å². The lowest BCUT2D eigenvalue weighted by Crippen LogP contribution is -2.40. The molecular weight excluding hydrogens is 372 g/mol. The van der Waals surface area contributed by atoms with Gasteiger partial charge < -0.3 is 24.0 Å². The number of likely N-dealkylation sites (N-methyl/N-ethyl adjacent to an activating group) is 1. The summed E-state index contributed by atoms with van der Waals surface area (Å²) >= 11 is 0. The minimum Gasteiger partial charge on any atom is -0.493 e. The molecular formula is C22H32N2O5. The molecule has 2 saturated heterocycles. The normalized spacial score (nSPS) is 20.2. The Balaban J connectivity index is 1.64. The number of likely N-dealkylation sites (tertiary alicyclic amines) is 1. The largest absolute Gasteiger partial charge is 0.493 e. The fourth-order valence-corrected chi connectivity index (χ4v) is 3.93. The number of amides is 2. The molecule has 1 aromatic rings. The van der Waals surface area contributed by atoms with Gasteiger partial charge in [0.1, 0.15) is 6.10 Å². The second kappa shape index (κ2) is 9.96. The molecule has 0 aromatic heterocycles. The van der Waals surface area contributed by atoms with E-state index in [1.165, 1.54) is 0 Å². The average Bonchev–Trinajstić information content (AvgIpc) is 2.74. The summed E-state index contributed by atoms with van der Waals surface area (Å²) < 4.78 is 17.4. The lowest BCUT2D eigenvalue weighted by atomic mass is 10.1. The number of hydrogen-bond donors (Lipinski definition) is 0. The predicted octanol–water partition coefficient (Wildman–Crippen LogP) is 2.73. The number of carbonyl (C=O) groups is 2. The molecule has 2 heterocycles. The third-order valence-corrected chi connectivity index (χ3v) is 5.69. The maximum Gasteiger partial charge on any atom is 0.253 e. The molecule has 1 atom stereocenters. The van der Waals surface area contributed by atoms with Crippen LogP contribution in [0, 0.1) is 0 Å². The molecule has 0 aliphatic carbocycles. The van der Waals surface area contributed by atoms with Gasteiger partial charge >= 0.3 is 0 Å². The highest BCUT2D eigenvalue weighted by molar-refractivity contribution is 5.94. The van der Waals surface area contributed by atoms with Crippen LogP contribution in [0.1, 0.15) is 49.4 Å². The lowest BCUT2D eigenvalue weighted by molar-refractivity contribution is -0.130. The molecule has 2 aliphatic heterocycles. The molecule has 3 rings (SSSR count). The molecule has 0 saturated carbocycles. The molecule has 2 amide bonds. The molecule has 1 unspecified atom stereocenters. The number of nitrogens with zero attached hydrogens (tertiary/aromatic N) is 2. The van der Waals surface area contributed by atoms with E-state index in [1.54, 1.807) is 37.1 Å². The standard InChI is InChI=1S/C22H32N2O5/c1-16(25)24-11-9-18(10-12-24)29-21-14-17(7-8-20(21)27-3)22(26)23(2)15-19-6-4-5-13-28-19/h7-8,14,18-19H,4-6,9-13,15H2,1-3H3. The van der Waals surface area contributed by atoms with Gasteiger partial charge in [0.15, 0.2) is 11.5 Å². The highest BCUT2D eigenvalue weighted by atomic mass is 16.5. The minimum atomic E-state index is -0.0573. The molecule has 29 heavy (non-hydrogen) atoms. The van der Waals surface area contributed by atoms with Crippen molar-refractivity contribution in [1.29, 1.82) is 0 Å². The quantitative estimate of drug-likeness (QED) is 0.729. The Kier molecular flexibility index (Phi) is 7.36. The van der Waals surface area contributed by atoms with E-state index >= 15 is 0 Å². The first kappa shape index (κ1) is 21.4. The third-order valence-electron chi connectivity index (χ3n) is 5.69. The van der Waals surface area contributed by atoms with Crippen LogP contribution in [0.3, 0.4) is 0 Å². The zero-order valence-electron chi connectivity index (χ0n) is 17.7. The number of hydrogen-bond acceptors (Lipinski definition) is 5. The van der Waals surface area contributed by atoms with Crippen LogP contribution in [0.5, 0.6) is 11.5 Å². The van der Waals surface area contributed by atoms with Gasteiger partial charge in [-0.2, -0.15) is 0 Å². The summed E-state index contributed by atoms with van der Waals surface area (Å²) in [5, 5.41) is 0. The van der Waals surface area contributed by atoms with E-state index in [1.807, 2.05) is 11.9 Å². The first-order chi connectivity index (χ1) is 14.0. The van der Waals surface area contributed by atoms with Crippen molar-refractivity contribution in [3.8, 4) is 11.5 Å². The topological polar surface area (TPSA) is 68.3 Å². The van der Waals surface area contributed by atoms with Gasteiger partial charge in [-0.3, -0.25) is 9.59 Å². The van der Waals surface area contributed by atoms with Gasteiger partial charge in [0.05, 0.1) is 13.2 Å². The van der Waals surface area contributed by atoms with Crippen LogP contribution in [0.2, 0.25) is 0 Å². The van der Waals surface area contributed by atoms with Gasteiger partial charge in [-0.1, -0.05) is 0 Å². The zero-order valence-corrected chi connectivity index (χ0v) is 17.7. The number of methoxy groups -OCH3 is 1. The first-order valence-electron chi connectivity index (χ1n) is 10.4. The molecule has 7 heteroatoms. The summed E-state index contributed by atoms with van der Waals surface area (Å²) in [6.07, 6.45) is 4.87. The number of carbonyl (C=O) groups excluding carboxylic acids is 2. The van der Waals surface area contributed by atoms with Crippen LogP contribution in [0.15, 0.2) is 18.2 Å². The highest BCUT2D eigenvalue weighted by Crippen LogP contribution is 2.31. The van der Waals surface area contributed by atoms with Crippen molar-refractivity contribution in [3.63, 3.8) is 0 Å². The van der Waals surface area contributed by atoms with E-state index in [4.69, 9.17) is 14.2 Å². The summed E-state index contributed by atoms with van der Waals surface area (Å²) in [6, 6.07) is 5.31. The van der Waals surface area contributed by atoms with Gasteiger partial charge in [0.25, 0.3) is 5.91 Å². The highest BCUT2D eigenvalue weighted by Gasteiger charge is 2.24. The fraction of sp³-hybridized carbons (Fsp3) is 0.636. The second-order valence-electron chi connectivity index (χ2n) is 7.86. The number of rotatable bonds is 6. The van der Waals surface area contributed by atoms with Crippen molar-refractivity contribution in [3.05, 3.63) is 23.8 Å². The smallest absolute Gasteiger partial charge is 0.253 e. The molecule has 160 valence electrons. The van der Waals surface area contributed by atoms with Gasteiger partial charge in [-0.25, -0.2) is 0 Å². The van der Waals surface area contributed by atoms with Gasteiger partial charge in [0.2, 0.25) is 5.91 Å². The average molecular weight is 405 g/mol. The van der Waals surface area contributed by atoms with E-state index in [-0.39, 0.29) is 24.0 Å². The second-order valence-corrected chi connectivity index (χ2v) is 7.86. The summed E-state index contributed by atoms with van der Waals surface area (Å²) in [4.78, 5) is 28.0. The van der Waals surface area contributed by atoms with Crippen LogP contribution in [0.25, 0.3) is 0 Å². The van der Waals surface area contributed by atoms with Crippen LogP contribution < -0.4 is 9.47 Å². The maximum absolute atomic E-state index is 12.9. The molecule has 2 aliphatic rings. The zero-order chi connectivity index (χ0) is 20.8. The Morgan fingerprint density at radius 1 is 1.17 bits per heavy atom. The molecule has 7 nitrogen and oxygen atoms in total. The molecule has 0 spiro atoms. The number of benzene rings is 1. The summed E-state index contributed by atoms with van der Waals surface area (Å²) in [7, 11) is 3.40. The minimum absolute atomic E-state index is 0.00165. The Hall–Kier alpha value is -2.28. The first-order valence-corrected chi connectivity index (χ1v) is 10.4. The summed E-state index contributed by atoms with van der Waals surface area (Å²) in [6.45, 7) is 4.32. The van der Waals surface area contributed by atoms with Crippen LogP contribution >= 0.6 is 0 Å². The van der Waals surface area contributed by atoms with Crippen molar-refractivity contribution >= 4 is 11.8 Å². The molecule has 0 radical (unpaired) electrons. The van der Waals surface area contributed by atoms with E-state index < -0.39 is 0 Å². The van der Waals surface area contributed by atoms with E-state index in [0.717, 1.165) is 38.7 Å². The van der Waals surface area contributed by atoms with E-state index in [9.17, 15) is 9.59 Å². The van der Waals surface area contributed by atoms with Crippen LogP contribution in [-0.2, 0) is 9.53 Å².